The van der Waals surface area contributed by atoms with Gasteiger partial charge in [-0.15, -0.1) is 0 Å². The highest BCUT2D eigenvalue weighted by atomic mass is 32.1. The lowest BCUT2D eigenvalue weighted by atomic mass is 10.3. The second-order valence-corrected chi connectivity index (χ2v) is 5.67. The highest BCUT2D eigenvalue weighted by molar-refractivity contribution is 7.20. The lowest BCUT2D eigenvalue weighted by molar-refractivity contribution is 0.211. The Morgan fingerprint density at radius 2 is 2.17 bits per heavy atom. The standard InChI is InChI=1S/C14H17N7OS/c1-21(13-16-4-3-5-17-13)14-20-11(10-8-18-19-9-10)12(23-14)15-6-7-22-2/h3-5,8-9,15H,6-7H2,1-2H3,(H,18,19). The second kappa shape index (κ2) is 7.16. The molecule has 2 N–H and O–H groups in total. The molecule has 0 radical (unpaired) electrons. The molecule has 0 saturated carbocycles. The Labute approximate surface area is 137 Å². The molecule has 0 spiro atoms. The van der Waals surface area contributed by atoms with Crippen molar-refractivity contribution >= 4 is 27.4 Å². The summed E-state index contributed by atoms with van der Waals surface area (Å²) in [5, 5.41) is 11.9. The van der Waals surface area contributed by atoms with Crippen molar-refractivity contribution in [1.29, 1.82) is 0 Å². The maximum Gasteiger partial charge on any atom is 0.231 e. The van der Waals surface area contributed by atoms with Crippen LogP contribution in [-0.2, 0) is 4.74 Å². The highest BCUT2D eigenvalue weighted by Gasteiger charge is 2.18. The molecule has 9 heteroatoms. The van der Waals surface area contributed by atoms with Crippen LogP contribution >= 0.6 is 11.3 Å². The van der Waals surface area contributed by atoms with E-state index in [0.29, 0.717) is 19.1 Å². The monoisotopic (exact) mass is 331 g/mol. The Kier molecular flexibility index (Phi) is 4.79. The number of nitrogens with one attached hydrogen (secondary N) is 2. The van der Waals surface area contributed by atoms with E-state index in [1.54, 1.807) is 31.8 Å². The van der Waals surface area contributed by atoms with Crippen LogP contribution in [0.4, 0.5) is 16.1 Å². The van der Waals surface area contributed by atoms with E-state index in [1.165, 1.54) is 11.3 Å². The summed E-state index contributed by atoms with van der Waals surface area (Å²) < 4.78 is 5.09. The van der Waals surface area contributed by atoms with Gasteiger partial charge in [-0.05, 0) is 6.07 Å². The Balaban J connectivity index is 1.91. The molecule has 23 heavy (non-hydrogen) atoms. The molecule has 120 valence electrons. The first-order valence-corrected chi connectivity index (χ1v) is 7.84. The van der Waals surface area contributed by atoms with E-state index >= 15 is 0 Å². The Morgan fingerprint density at radius 3 is 2.87 bits per heavy atom. The van der Waals surface area contributed by atoms with Gasteiger partial charge >= 0.3 is 0 Å². The van der Waals surface area contributed by atoms with Gasteiger partial charge in [-0.2, -0.15) is 5.10 Å². The van der Waals surface area contributed by atoms with Crippen LogP contribution in [0.1, 0.15) is 0 Å². The smallest absolute Gasteiger partial charge is 0.231 e. The van der Waals surface area contributed by atoms with Crippen molar-refractivity contribution in [2.24, 2.45) is 0 Å². The zero-order valence-electron chi connectivity index (χ0n) is 12.9. The molecule has 0 bridgehead atoms. The third kappa shape index (κ3) is 3.46. The van der Waals surface area contributed by atoms with Gasteiger partial charge in [0.25, 0.3) is 0 Å². The molecule has 0 aliphatic carbocycles. The zero-order chi connectivity index (χ0) is 16.1. The summed E-state index contributed by atoms with van der Waals surface area (Å²) in [4.78, 5) is 15.1. The molecule has 3 rings (SSSR count). The van der Waals surface area contributed by atoms with Crippen molar-refractivity contribution < 1.29 is 4.74 Å². The molecule has 3 heterocycles. The first-order valence-electron chi connectivity index (χ1n) is 7.03. The SMILES string of the molecule is COCCNc1sc(N(C)c2ncccn2)nc1-c1cn[nH]c1. The second-order valence-electron chi connectivity index (χ2n) is 4.69. The van der Waals surface area contributed by atoms with Crippen LogP contribution in [0.5, 0.6) is 0 Å². The van der Waals surface area contributed by atoms with Gasteiger partial charge < -0.3 is 10.1 Å². The van der Waals surface area contributed by atoms with Crippen LogP contribution in [0.15, 0.2) is 30.9 Å². The predicted molar refractivity (Wildman–Crippen MR) is 90.2 cm³/mol. The summed E-state index contributed by atoms with van der Waals surface area (Å²) in [6.45, 7) is 1.32. The Bertz CT molecular complexity index is 729. The lowest BCUT2D eigenvalue weighted by Gasteiger charge is -2.12. The molecule has 3 aromatic heterocycles. The number of aromatic nitrogens is 5. The van der Waals surface area contributed by atoms with E-state index in [2.05, 4.69) is 25.5 Å². The molecule has 0 unspecified atom stereocenters. The maximum atomic E-state index is 5.09. The summed E-state index contributed by atoms with van der Waals surface area (Å²) in [6, 6.07) is 1.79. The topological polar surface area (TPSA) is 91.8 Å². The number of aromatic amines is 1. The fourth-order valence-electron chi connectivity index (χ4n) is 1.96. The highest BCUT2D eigenvalue weighted by Crippen LogP contribution is 2.38. The van der Waals surface area contributed by atoms with Crippen molar-refractivity contribution in [2.45, 2.75) is 0 Å². The molecule has 0 aliphatic rings. The average molecular weight is 331 g/mol. The summed E-state index contributed by atoms with van der Waals surface area (Å²) >= 11 is 1.54. The number of hydrogen-bond donors (Lipinski definition) is 2. The zero-order valence-corrected chi connectivity index (χ0v) is 13.7. The van der Waals surface area contributed by atoms with Crippen molar-refractivity contribution in [3.8, 4) is 11.3 Å². The minimum absolute atomic E-state index is 0.600. The molecular weight excluding hydrogens is 314 g/mol. The molecule has 0 saturated heterocycles. The van der Waals surface area contributed by atoms with Gasteiger partial charge in [0, 0.05) is 44.9 Å². The molecule has 0 fully saturated rings. The molecule has 0 atom stereocenters. The van der Waals surface area contributed by atoms with Gasteiger partial charge in [-0.1, -0.05) is 11.3 Å². The minimum atomic E-state index is 0.600. The largest absolute Gasteiger partial charge is 0.383 e. The van der Waals surface area contributed by atoms with Gasteiger partial charge in [0.15, 0.2) is 5.13 Å². The first-order chi connectivity index (χ1) is 11.3. The van der Waals surface area contributed by atoms with E-state index in [0.717, 1.165) is 21.4 Å². The first kappa shape index (κ1) is 15.4. The van der Waals surface area contributed by atoms with Crippen LogP contribution in [0.3, 0.4) is 0 Å². The number of H-pyrrole nitrogens is 1. The molecule has 8 nitrogen and oxygen atoms in total. The van der Waals surface area contributed by atoms with Gasteiger partial charge in [-0.25, -0.2) is 15.0 Å². The third-order valence-electron chi connectivity index (χ3n) is 3.12. The maximum absolute atomic E-state index is 5.09. The Morgan fingerprint density at radius 1 is 1.35 bits per heavy atom. The van der Waals surface area contributed by atoms with Gasteiger partial charge in [0.2, 0.25) is 5.95 Å². The van der Waals surface area contributed by atoms with E-state index in [4.69, 9.17) is 9.72 Å². The number of hydrogen-bond acceptors (Lipinski definition) is 8. The summed E-state index contributed by atoms with van der Waals surface area (Å²) in [5.74, 6) is 0.600. The van der Waals surface area contributed by atoms with Crippen LogP contribution in [0, 0.1) is 0 Å². The van der Waals surface area contributed by atoms with Crippen molar-refractivity contribution in [3.05, 3.63) is 30.9 Å². The summed E-state index contributed by atoms with van der Waals surface area (Å²) in [7, 11) is 3.57. The van der Waals surface area contributed by atoms with E-state index in [9.17, 15) is 0 Å². The summed E-state index contributed by atoms with van der Waals surface area (Å²) in [6.07, 6.45) is 6.99. The number of anilines is 3. The number of thiazole rings is 1. The normalized spacial score (nSPS) is 10.7. The van der Waals surface area contributed by atoms with Gasteiger partial charge in [0.05, 0.1) is 12.8 Å². The van der Waals surface area contributed by atoms with Crippen LogP contribution in [0.25, 0.3) is 11.3 Å². The number of methoxy groups -OCH3 is 1. The minimum Gasteiger partial charge on any atom is -0.383 e. The van der Waals surface area contributed by atoms with Crippen molar-refractivity contribution in [1.82, 2.24) is 25.1 Å². The molecular formula is C14H17N7OS. The predicted octanol–water partition coefficient (Wildman–Crippen LogP) is 2.15. The van der Waals surface area contributed by atoms with E-state index in [-0.39, 0.29) is 0 Å². The summed E-state index contributed by atoms with van der Waals surface area (Å²) in [5.41, 5.74) is 1.77. The average Bonchev–Trinajstić information content (AvgIpc) is 3.24. The fourth-order valence-corrected chi connectivity index (χ4v) is 2.94. The lowest BCUT2D eigenvalue weighted by Crippen LogP contribution is -2.12. The fraction of sp³-hybridized carbons (Fsp3) is 0.286. The molecule has 3 aromatic rings. The van der Waals surface area contributed by atoms with E-state index < -0.39 is 0 Å². The van der Waals surface area contributed by atoms with Gasteiger partial charge in [-0.3, -0.25) is 10.00 Å². The van der Waals surface area contributed by atoms with Crippen LogP contribution < -0.4 is 10.2 Å². The van der Waals surface area contributed by atoms with E-state index in [1.807, 2.05) is 18.1 Å². The molecule has 0 amide bonds. The van der Waals surface area contributed by atoms with Gasteiger partial charge in [0.1, 0.15) is 10.7 Å². The third-order valence-corrected chi connectivity index (χ3v) is 4.21. The Hall–Kier alpha value is -2.52. The number of ether oxygens (including phenoxy) is 1. The van der Waals surface area contributed by atoms with Crippen molar-refractivity contribution in [2.75, 3.05) is 37.5 Å². The van der Waals surface area contributed by atoms with Crippen LogP contribution in [0.2, 0.25) is 0 Å². The van der Waals surface area contributed by atoms with Crippen molar-refractivity contribution in [3.63, 3.8) is 0 Å². The van der Waals surface area contributed by atoms with Crippen LogP contribution in [-0.4, -0.2) is 52.5 Å². The molecule has 0 aromatic carbocycles. The quantitative estimate of drug-likeness (QED) is 0.641. The number of nitrogens with zero attached hydrogens (tertiary/aromatic N) is 5. The number of rotatable bonds is 7. The molecule has 0 aliphatic heterocycles.